The van der Waals surface area contributed by atoms with Gasteiger partial charge in [0, 0.05) is 0 Å². The van der Waals surface area contributed by atoms with Gasteiger partial charge in [0.2, 0.25) is 0 Å². The largest absolute Gasteiger partial charge is 0.343 e. The van der Waals surface area contributed by atoms with Gasteiger partial charge in [0.1, 0.15) is 5.82 Å². The smallest absolute Gasteiger partial charge is 0.104 e. The number of hydrogen-bond acceptors (Lipinski definition) is 1. The summed E-state index contributed by atoms with van der Waals surface area (Å²) in [6, 6.07) is 0. The van der Waals surface area contributed by atoms with Crippen LogP contribution in [0.15, 0.2) is 0 Å². The minimum Gasteiger partial charge on any atom is -0.343 e. The molecule has 0 fully saturated rings. The Kier molecular flexibility index (Phi) is 1.39. The predicted molar refractivity (Wildman–Crippen MR) is 38.2 cm³/mol. The number of aryl methyl sites for hydroxylation is 1. The second-order valence-corrected chi connectivity index (χ2v) is 1.97. The molecule has 1 N–H and O–H groups in total. The molecule has 0 aliphatic rings. The van der Waals surface area contributed by atoms with Crippen molar-refractivity contribution in [2.24, 2.45) is 0 Å². The van der Waals surface area contributed by atoms with Crippen molar-refractivity contribution < 1.29 is 0 Å². The molecule has 1 aromatic rings. The van der Waals surface area contributed by atoms with E-state index in [2.05, 4.69) is 16.5 Å². The van der Waals surface area contributed by atoms with Gasteiger partial charge in [0.25, 0.3) is 0 Å². The van der Waals surface area contributed by atoms with E-state index in [9.17, 15) is 0 Å². The summed E-state index contributed by atoms with van der Waals surface area (Å²) in [4.78, 5) is 7.15. The van der Waals surface area contributed by atoms with Crippen LogP contribution in [0.5, 0.6) is 0 Å². The molecule has 0 aromatic carbocycles. The number of H-pyrrole nitrogens is 1. The van der Waals surface area contributed by atoms with Crippen LogP contribution in [-0.4, -0.2) is 9.97 Å². The van der Waals surface area contributed by atoms with Crippen molar-refractivity contribution in [2.45, 2.75) is 13.8 Å². The number of aromatic nitrogens is 2. The number of aromatic amines is 1. The van der Waals surface area contributed by atoms with Gasteiger partial charge in [-0.2, -0.15) is 0 Å². The zero-order valence-electron chi connectivity index (χ0n) is 5.73. The monoisotopic (exact) mass is 122 g/mol. The highest BCUT2D eigenvalue weighted by Crippen LogP contribution is 1.69. The molecular weight excluding hydrogens is 112 g/mol. The van der Waals surface area contributed by atoms with Crippen LogP contribution in [0.3, 0.4) is 0 Å². The minimum absolute atomic E-state index is 0.829. The SMILES string of the molecule is C=c1nc(C)[nH]/c1=C/C. The van der Waals surface area contributed by atoms with Gasteiger partial charge in [-0.1, -0.05) is 12.7 Å². The molecule has 1 rings (SSSR count). The molecule has 0 aliphatic carbocycles. The van der Waals surface area contributed by atoms with Gasteiger partial charge in [0.15, 0.2) is 0 Å². The third-order valence-corrected chi connectivity index (χ3v) is 1.22. The molecule has 0 bridgehead atoms. The van der Waals surface area contributed by atoms with Gasteiger partial charge in [-0.15, -0.1) is 0 Å². The number of rotatable bonds is 0. The second kappa shape index (κ2) is 2.05. The summed E-state index contributed by atoms with van der Waals surface area (Å²) in [5.74, 6) is 0.924. The maximum absolute atomic E-state index is 4.08. The first-order chi connectivity index (χ1) is 4.24. The lowest BCUT2D eigenvalue weighted by atomic mass is 10.5. The average Bonchev–Trinajstić information content (AvgIpc) is 2.10. The molecule has 2 heteroatoms. The molecule has 0 amide bonds. The van der Waals surface area contributed by atoms with Crippen LogP contribution in [0.2, 0.25) is 0 Å². The number of nitrogens with one attached hydrogen (secondary N) is 1. The summed E-state index contributed by atoms with van der Waals surface area (Å²) in [5.41, 5.74) is 0. The van der Waals surface area contributed by atoms with E-state index >= 15 is 0 Å². The Morgan fingerprint density at radius 2 is 2.33 bits per heavy atom. The van der Waals surface area contributed by atoms with Crippen LogP contribution in [0.1, 0.15) is 12.7 Å². The van der Waals surface area contributed by atoms with Gasteiger partial charge in [-0.25, -0.2) is 4.98 Å². The third-order valence-electron chi connectivity index (χ3n) is 1.22. The van der Waals surface area contributed by atoms with Gasteiger partial charge >= 0.3 is 0 Å². The summed E-state index contributed by atoms with van der Waals surface area (Å²) in [7, 11) is 0. The van der Waals surface area contributed by atoms with Gasteiger partial charge < -0.3 is 4.98 Å². The van der Waals surface area contributed by atoms with Gasteiger partial charge in [-0.05, 0) is 13.8 Å². The minimum atomic E-state index is 0.829. The fraction of sp³-hybridized carbons (Fsp3) is 0.286. The van der Waals surface area contributed by atoms with Crippen molar-refractivity contribution in [3.8, 4) is 0 Å². The number of imidazole rings is 1. The molecule has 0 atom stereocenters. The lowest BCUT2D eigenvalue weighted by Crippen LogP contribution is -2.21. The van der Waals surface area contributed by atoms with Gasteiger partial charge in [0.05, 0.1) is 10.7 Å². The Labute approximate surface area is 53.9 Å². The molecule has 0 spiro atoms. The molecule has 0 unspecified atom stereocenters. The lowest BCUT2D eigenvalue weighted by molar-refractivity contribution is 1.13. The molecule has 1 heterocycles. The third kappa shape index (κ3) is 1.02. The van der Waals surface area contributed by atoms with E-state index in [0.29, 0.717) is 0 Å². The molecule has 0 radical (unpaired) electrons. The zero-order valence-corrected chi connectivity index (χ0v) is 5.73. The van der Waals surface area contributed by atoms with Crippen LogP contribution >= 0.6 is 0 Å². The second-order valence-electron chi connectivity index (χ2n) is 1.97. The summed E-state index contributed by atoms with van der Waals surface area (Å²) >= 11 is 0. The Morgan fingerprint density at radius 3 is 2.56 bits per heavy atom. The Bertz CT molecular complexity index is 295. The van der Waals surface area contributed by atoms with E-state index in [1.54, 1.807) is 0 Å². The van der Waals surface area contributed by atoms with Gasteiger partial charge in [-0.3, -0.25) is 0 Å². The van der Waals surface area contributed by atoms with E-state index in [4.69, 9.17) is 0 Å². The van der Waals surface area contributed by atoms with Crippen LogP contribution in [-0.2, 0) is 0 Å². The fourth-order valence-electron chi connectivity index (χ4n) is 0.796. The zero-order chi connectivity index (χ0) is 6.85. The highest BCUT2D eigenvalue weighted by molar-refractivity contribution is 5.16. The fourth-order valence-corrected chi connectivity index (χ4v) is 0.796. The Morgan fingerprint density at radius 1 is 1.67 bits per heavy atom. The van der Waals surface area contributed by atoms with E-state index in [0.717, 1.165) is 16.5 Å². The highest BCUT2D eigenvalue weighted by atomic mass is 14.9. The first-order valence-electron chi connectivity index (χ1n) is 2.92. The first kappa shape index (κ1) is 6.08. The highest BCUT2D eigenvalue weighted by Gasteiger charge is 1.85. The number of nitrogens with zero attached hydrogens (tertiary/aromatic N) is 1. The standard InChI is InChI=1S/C7H10N2/c1-4-7-5(2)8-6(3)9-7/h4H,2H2,1,3H3,(H,8,9)/b7-4+. The molecule has 0 aliphatic heterocycles. The topological polar surface area (TPSA) is 28.7 Å². The molecule has 9 heavy (non-hydrogen) atoms. The quantitative estimate of drug-likeness (QED) is 0.512. The van der Waals surface area contributed by atoms with Crippen molar-refractivity contribution in [2.75, 3.05) is 0 Å². The summed E-state index contributed by atoms with van der Waals surface area (Å²) in [6.45, 7) is 7.62. The summed E-state index contributed by atoms with van der Waals surface area (Å²) in [5, 5.41) is 1.85. The van der Waals surface area contributed by atoms with Crippen molar-refractivity contribution in [1.29, 1.82) is 0 Å². The van der Waals surface area contributed by atoms with Crippen LogP contribution in [0.25, 0.3) is 12.7 Å². The normalized spacial score (nSPS) is 12.4. The lowest BCUT2D eigenvalue weighted by Gasteiger charge is -1.71. The Hall–Kier alpha value is -1.05. The van der Waals surface area contributed by atoms with Crippen LogP contribution < -0.4 is 10.7 Å². The molecule has 48 valence electrons. The van der Waals surface area contributed by atoms with Crippen LogP contribution in [0, 0.1) is 6.92 Å². The van der Waals surface area contributed by atoms with Crippen molar-refractivity contribution in [3.05, 3.63) is 16.5 Å². The average molecular weight is 122 g/mol. The van der Waals surface area contributed by atoms with E-state index in [-0.39, 0.29) is 0 Å². The number of hydrogen-bond donors (Lipinski definition) is 1. The molecule has 0 saturated heterocycles. The van der Waals surface area contributed by atoms with Crippen molar-refractivity contribution in [3.63, 3.8) is 0 Å². The van der Waals surface area contributed by atoms with Crippen molar-refractivity contribution >= 4 is 12.7 Å². The molecular formula is C7H10N2. The van der Waals surface area contributed by atoms with E-state index in [1.807, 2.05) is 19.9 Å². The van der Waals surface area contributed by atoms with Crippen LogP contribution in [0.4, 0.5) is 0 Å². The summed E-state index contributed by atoms with van der Waals surface area (Å²) < 4.78 is 0. The Balaban J connectivity index is 3.52. The van der Waals surface area contributed by atoms with Crippen molar-refractivity contribution in [1.82, 2.24) is 9.97 Å². The molecule has 0 saturated carbocycles. The van der Waals surface area contributed by atoms with E-state index < -0.39 is 0 Å². The molecule has 2 nitrogen and oxygen atoms in total. The maximum Gasteiger partial charge on any atom is 0.104 e. The first-order valence-corrected chi connectivity index (χ1v) is 2.92. The van der Waals surface area contributed by atoms with E-state index in [1.165, 1.54) is 0 Å². The predicted octanol–water partition coefficient (Wildman–Crippen LogP) is -0.0712. The maximum atomic E-state index is 4.08. The molecule has 1 aromatic heterocycles. The summed E-state index contributed by atoms with van der Waals surface area (Å²) in [6.07, 6.45) is 1.96.